The maximum absolute atomic E-state index is 10.6. The van der Waals surface area contributed by atoms with Gasteiger partial charge in [-0.15, -0.1) is 0 Å². The van der Waals surface area contributed by atoms with Gasteiger partial charge < -0.3 is 10.2 Å². The highest BCUT2D eigenvalue weighted by atomic mass is 28.4. The minimum Gasteiger partial charge on any atom is -0.412 e. The monoisotopic (exact) mass is 282 g/mol. The molecule has 0 aliphatic rings. The fraction of sp³-hybridized carbons (Fsp3) is 0.538. The Kier molecular flexibility index (Phi) is 4.37. The van der Waals surface area contributed by atoms with Gasteiger partial charge in [-0.25, -0.2) is 0 Å². The molecule has 0 aliphatic heterocycles. The third-order valence-corrected chi connectivity index (χ3v) is 8.21. The third-order valence-electron chi connectivity index (χ3n) is 3.73. The normalized spacial score (nSPS) is 12.5. The van der Waals surface area contributed by atoms with Gasteiger partial charge in [0.25, 0.3) is 5.69 Å². The van der Waals surface area contributed by atoms with Crippen LogP contribution in [0, 0.1) is 10.1 Å². The first-order valence-corrected chi connectivity index (χ1v) is 9.12. The summed E-state index contributed by atoms with van der Waals surface area (Å²) >= 11 is 0. The van der Waals surface area contributed by atoms with Gasteiger partial charge in [-0.1, -0.05) is 20.8 Å². The van der Waals surface area contributed by atoms with Crippen molar-refractivity contribution >= 4 is 19.7 Å². The molecule has 0 saturated heterocycles. The predicted octanol–water partition coefficient (Wildman–Crippen LogP) is 3.70. The summed E-state index contributed by atoms with van der Waals surface area (Å²) in [5.74, 6) is 0. The van der Waals surface area contributed by atoms with Crippen LogP contribution in [0.4, 0.5) is 11.4 Å². The van der Waals surface area contributed by atoms with Crippen molar-refractivity contribution in [3.8, 4) is 0 Å². The summed E-state index contributed by atoms with van der Waals surface area (Å²) in [4.78, 5) is 10.2. The highest BCUT2D eigenvalue weighted by Gasteiger charge is 2.37. The summed E-state index contributed by atoms with van der Waals surface area (Å²) in [6, 6.07) is 4.51. The molecule has 2 N–H and O–H groups in total. The molecule has 1 rings (SSSR count). The lowest BCUT2D eigenvalue weighted by atomic mass is 10.2. The van der Waals surface area contributed by atoms with Gasteiger partial charge in [0.1, 0.15) is 0 Å². The van der Waals surface area contributed by atoms with Gasteiger partial charge in [-0.05, 0) is 29.8 Å². The SMILES string of the molecule is CC(C)(C)[Si](C)(C)OCc1ccc([N+](=O)[O-])cc1N. The minimum absolute atomic E-state index is 0.00794. The van der Waals surface area contributed by atoms with E-state index in [4.69, 9.17) is 10.2 Å². The molecule has 0 bridgehead atoms. The number of hydrogen-bond donors (Lipinski definition) is 1. The van der Waals surface area contributed by atoms with Crippen molar-refractivity contribution < 1.29 is 9.35 Å². The fourth-order valence-electron chi connectivity index (χ4n) is 1.30. The summed E-state index contributed by atoms with van der Waals surface area (Å²) < 4.78 is 6.05. The van der Waals surface area contributed by atoms with Crippen LogP contribution in [-0.4, -0.2) is 13.2 Å². The van der Waals surface area contributed by atoms with Gasteiger partial charge in [0.05, 0.1) is 11.5 Å². The Morgan fingerprint density at radius 3 is 2.37 bits per heavy atom. The molecule has 0 amide bonds. The van der Waals surface area contributed by atoms with E-state index in [-0.39, 0.29) is 10.7 Å². The van der Waals surface area contributed by atoms with Gasteiger partial charge in [0, 0.05) is 17.8 Å². The molecule has 0 aromatic heterocycles. The van der Waals surface area contributed by atoms with E-state index in [1.165, 1.54) is 12.1 Å². The number of hydrogen-bond acceptors (Lipinski definition) is 4. The van der Waals surface area contributed by atoms with Gasteiger partial charge in [-0.2, -0.15) is 0 Å². The molecule has 0 heterocycles. The predicted molar refractivity (Wildman–Crippen MR) is 79.5 cm³/mol. The van der Waals surface area contributed by atoms with Crippen LogP contribution in [-0.2, 0) is 11.0 Å². The standard InChI is InChI=1S/C13H22N2O3Si/c1-13(2,3)19(4,5)18-9-10-6-7-11(15(16)17)8-12(10)14/h6-8H,9,14H2,1-5H3. The number of nitro benzene ring substituents is 1. The van der Waals surface area contributed by atoms with Gasteiger partial charge in [0.15, 0.2) is 8.32 Å². The second-order valence-corrected chi connectivity index (χ2v) is 11.0. The second-order valence-electron chi connectivity index (χ2n) is 6.19. The van der Waals surface area contributed by atoms with Crippen molar-refractivity contribution in [2.45, 2.75) is 45.5 Å². The fourth-order valence-corrected chi connectivity index (χ4v) is 2.25. The summed E-state index contributed by atoms with van der Waals surface area (Å²) in [7, 11) is -1.84. The molecule has 1 aromatic rings. The first-order valence-electron chi connectivity index (χ1n) is 6.21. The molecular formula is C13H22N2O3Si. The molecular weight excluding hydrogens is 260 g/mol. The van der Waals surface area contributed by atoms with Crippen LogP contribution < -0.4 is 5.73 Å². The van der Waals surface area contributed by atoms with E-state index in [2.05, 4.69) is 33.9 Å². The van der Waals surface area contributed by atoms with Crippen LogP contribution in [0.5, 0.6) is 0 Å². The van der Waals surface area contributed by atoms with Crippen molar-refractivity contribution in [1.82, 2.24) is 0 Å². The number of nitrogens with two attached hydrogens (primary N) is 1. The molecule has 0 unspecified atom stereocenters. The van der Waals surface area contributed by atoms with Crippen molar-refractivity contribution in [3.63, 3.8) is 0 Å². The van der Waals surface area contributed by atoms with Crippen LogP contribution in [0.25, 0.3) is 0 Å². The number of non-ortho nitro benzene ring substituents is 1. The largest absolute Gasteiger partial charge is 0.412 e. The number of anilines is 1. The van der Waals surface area contributed by atoms with Gasteiger partial charge >= 0.3 is 0 Å². The Balaban J connectivity index is 2.82. The second kappa shape index (κ2) is 5.30. The summed E-state index contributed by atoms with van der Waals surface area (Å²) in [6.07, 6.45) is 0. The number of rotatable bonds is 4. The zero-order chi connectivity index (χ0) is 14.8. The molecule has 5 nitrogen and oxygen atoms in total. The molecule has 106 valence electrons. The van der Waals surface area contributed by atoms with Crippen LogP contribution >= 0.6 is 0 Å². The number of nitrogens with zero attached hydrogens (tertiary/aromatic N) is 1. The molecule has 0 fully saturated rings. The van der Waals surface area contributed by atoms with E-state index >= 15 is 0 Å². The summed E-state index contributed by atoms with van der Waals surface area (Å²) in [6.45, 7) is 11.2. The maximum atomic E-state index is 10.6. The minimum atomic E-state index is -1.84. The zero-order valence-corrected chi connectivity index (χ0v) is 13.2. The van der Waals surface area contributed by atoms with Crippen LogP contribution in [0.15, 0.2) is 18.2 Å². The number of benzene rings is 1. The van der Waals surface area contributed by atoms with Crippen molar-refractivity contribution in [1.29, 1.82) is 0 Å². The lowest BCUT2D eigenvalue weighted by molar-refractivity contribution is -0.384. The van der Waals surface area contributed by atoms with Crippen LogP contribution in [0.1, 0.15) is 26.3 Å². The van der Waals surface area contributed by atoms with E-state index < -0.39 is 13.2 Å². The number of nitrogen functional groups attached to an aromatic ring is 1. The Hall–Kier alpha value is -1.40. The van der Waals surface area contributed by atoms with E-state index in [0.29, 0.717) is 12.3 Å². The van der Waals surface area contributed by atoms with Gasteiger partial charge in [-0.3, -0.25) is 10.1 Å². The Morgan fingerprint density at radius 1 is 1.37 bits per heavy atom. The van der Waals surface area contributed by atoms with Gasteiger partial charge in [0.2, 0.25) is 0 Å². The van der Waals surface area contributed by atoms with E-state index in [9.17, 15) is 10.1 Å². The highest BCUT2D eigenvalue weighted by Crippen LogP contribution is 2.37. The number of nitro groups is 1. The molecule has 0 saturated carbocycles. The lowest BCUT2D eigenvalue weighted by Crippen LogP contribution is -2.40. The van der Waals surface area contributed by atoms with E-state index in [0.717, 1.165) is 5.56 Å². The zero-order valence-electron chi connectivity index (χ0n) is 12.2. The molecule has 19 heavy (non-hydrogen) atoms. The van der Waals surface area contributed by atoms with Crippen LogP contribution in [0.2, 0.25) is 18.1 Å². The van der Waals surface area contributed by atoms with Crippen molar-refractivity contribution in [2.75, 3.05) is 5.73 Å². The third kappa shape index (κ3) is 3.78. The Bertz CT molecular complexity index is 481. The summed E-state index contributed by atoms with van der Waals surface area (Å²) in [5, 5.41) is 10.8. The Morgan fingerprint density at radius 2 is 1.95 bits per heavy atom. The summed E-state index contributed by atoms with van der Waals surface area (Å²) in [5.41, 5.74) is 7.05. The average Bonchev–Trinajstić information content (AvgIpc) is 2.25. The first-order chi connectivity index (χ1) is 8.54. The molecule has 6 heteroatoms. The highest BCUT2D eigenvalue weighted by molar-refractivity contribution is 6.74. The molecule has 0 radical (unpaired) electrons. The Labute approximate surface area is 115 Å². The smallest absolute Gasteiger partial charge is 0.271 e. The molecule has 0 atom stereocenters. The van der Waals surface area contributed by atoms with Crippen molar-refractivity contribution in [3.05, 3.63) is 33.9 Å². The quantitative estimate of drug-likeness (QED) is 0.395. The lowest BCUT2D eigenvalue weighted by Gasteiger charge is -2.36. The maximum Gasteiger partial charge on any atom is 0.271 e. The molecule has 0 aliphatic carbocycles. The van der Waals surface area contributed by atoms with Crippen molar-refractivity contribution in [2.24, 2.45) is 0 Å². The molecule has 1 aromatic carbocycles. The first kappa shape index (κ1) is 15.7. The topological polar surface area (TPSA) is 78.4 Å². The van der Waals surface area contributed by atoms with Crippen LogP contribution in [0.3, 0.4) is 0 Å². The van der Waals surface area contributed by atoms with E-state index in [1.54, 1.807) is 6.07 Å². The average molecular weight is 282 g/mol. The molecule has 0 spiro atoms. The van der Waals surface area contributed by atoms with E-state index in [1.807, 2.05) is 0 Å².